The molecule has 7 heteroatoms. The van der Waals surface area contributed by atoms with Gasteiger partial charge in [-0.25, -0.2) is 4.79 Å². The molecule has 1 N–H and O–H groups in total. The molecule has 1 aliphatic rings. The standard InChI is InChI=1S/C22H29N3O4/c1-27-17-18-29-21-9-7-19(8-10-21)23-22(26)25-13-11-24(12-14-25)15-16-28-20-5-3-2-4-6-20/h2-10H,11-18H2,1H3,(H,23,26). The third-order valence-electron chi connectivity index (χ3n) is 4.74. The summed E-state index contributed by atoms with van der Waals surface area (Å²) >= 11 is 0. The van der Waals surface area contributed by atoms with Gasteiger partial charge in [-0.05, 0) is 36.4 Å². The molecular weight excluding hydrogens is 370 g/mol. The van der Waals surface area contributed by atoms with E-state index in [0.29, 0.717) is 32.9 Å². The molecule has 3 rings (SSSR count). The first-order valence-corrected chi connectivity index (χ1v) is 9.92. The highest BCUT2D eigenvalue weighted by Crippen LogP contribution is 2.16. The van der Waals surface area contributed by atoms with Gasteiger partial charge < -0.3 is 24.4 Å². The van der Waals surface area contributed by atoms with Crippen molar-refractivity contribution in [2.75, 3.05) is 65.0 Å². The second-order valence-corrected chi connectivity index (χ2v) is 6.79. The zero-order chi connectivity index (χ0) is 20.3. The molecule has 2 amide bonds. The normalized spacial score (nSPS) is 14.4. The molecule has 0 aliphatic carbocycles. The average molecular weight is 399 g/mol. The van der Waals surface area contributed by atoms with Gasteiger partial charge in [-0.15, -0.1) is 0 Å². The largest absolute Gasteiger partial charge is 0.492 e. The number of amides is 2. The summed E-state index contributed by atoms with van der Waals surface area (Å²) in [6, 6.07) is 17.1. The predicted octanol–water partition coefficient (Wildman–Crippen LogP) is 2.94. The molecule has 1 saturated heterocycles. The van der Waals surface area contributed by atoms with Crippen molar-refractivity contribution in [2.24, 2.45) is 0 Å². The van der Waals surface area contributed by atoms with E-state index in [0.717, 1.165) is 36.8 Å². The highest BCUT2D eigenvalue weighted by atomic mass is 16.5. The number of anilines is 1. The fraction of sp³-hybridized carbons (Fsp3) is 0.409. The van der Waals surface area contributed by atoms with E-state index in [9.17, 15) is 4.79 Å². The minimum absolute atomic E-state index is 0.0711. The molecule has 0 spiro atoms. The Morgan fingerprint density at radius 3 is 2.21 bits per heavy atom. The van der Waals surface area contributed by atoms with Crippen molar-refractivity contribution in [3.8, 4) is 11.5 Å². The van der Waals surface area contributed by atoms with Crippen LogP contribution < -0.4 is 14.8 Å². The maximum atomic E-state index is 12.5. The lowest BCUT2D eigenvalue weighted by Gasteiger charge is -2.34. The molecule has 2 aromatic carbocycles. The molecule has 1 aliphatic heterocycles. The van der Waals surface area contributed by atoms with Crippen LogP contribution in [0.1, 0.15) is 0 Å². The lowest BCUT2D eigenvalue weighted by Crippen LogP contribution is -2.50. The highest BCUT2D eigenvalue weighted by molar-refractivity contribution is 5.89. The molecule has 0 aromatic heterocycles. The van der Waals surface area contributed by atoms with Crippen molar-refractivity contribution in [2.45, 2.75) is 0 Å². The van der Waals surface area contributed by atoms with Crippen LogP contribution in [0, 0.1) is 0 Å². The summed E-state index contributed by atoms with van der Waals surface area (Å²) in [6.45, 7) is 5.65. The molecule has 0 atom stereocenters. The highest BCUT2D eigenvalue weighted by Gasteiger charge is 2.21. The van der Waals surface area contributed by atoms with E-state index < -0.39 is 0 Å². The Labute approximate surface area is 172 Å². The quantitative estimate of drug-likeness (QED) is 0.657. The third-order valence-corrected chi connectivity index (χ3v) is 4.74. The first kappa shape index (κ1) is 21.0. The van der Waals surface area contributed by atoms with Gasteiger partial charge in [-0.3, -0.25) is 4.90 Å². The summed E-state index contributed by atoms with van der Waals surface area (Å²) in [6.07, 6.45) is 0. The number of benzene rings is 2. The van der Waals surface area contributed by atoms with Crippen molar-refractivity contribution < 1.29 is 19.0 Å². The number of hydrogen-bond donors (Lipinski definition) is 1. The van der Waals surface area contributed by atoms with E-state index >= 15 is 0 Å². The fourth-order valence-electron chi connectivity index (χ4n) is 3.06. The Hall–Kier alpha value is -2.77. The Morgan fingerprint density at radius 2 is 1.52 bits per heavy atom. The number of carbonyl (C=O) groups is 1. The van der Waals surface area contributed by atoms with Gasteiger partial charge in [0.25, 0.3) is 0 Å². The molecule has 156 valence electrons. The number of ether oxygens (including phenoxy) is 3. The van der Waals surface area contributed by atoms with Gasteiger partial charge in [-0.2, -0.15) is 0 Å². The summed E-state index contributed by atoms with van der Waals surface area (Å²) in [5, 5.41) is 2.95. The van der Waals surface area contributed by atoms with Crippen LogP contribution in [0.4, 0.5) is 10.5 Å². The topological polar surface area (TPSA) is 63.3 Å². The predicted molar refractivity (Wildman–Crippen MR) is 113 cm³/mol. The van der Waals surface area contributed by atoms with Crippen LogP contribution >= 0.6 is 0 Å². The minimum atomic E-state index is -0.0711. The van der Waals surface area contributed by atoms with Crippen molar-refractivity contribution in [3.63, 3.8) is 0 Å². The molecule has 0 radical (unpaired) electrons. The van der Waals surface area contributed by atoms with Crippen molar-refractivity contribution in [3.05, 3.63) is 54.6 Å². The SMILES string of the molecule is COCCOc1ccc(NC(=O)N2CCN(CCOc3ccccc3)CC2)cc1. The van der Waals surface area contributed by atoms with Gasteiger partial charge in [-0.1, -0.05) is 18.2 Å². The van der Waals surface area contributed by atoms with Crippen LogP contribution in [-0.2, 0) is 4.74 Å². The Balaban J connectivity index is 1.35. The Bertz CT molecular complexity index is 731. The minimum Gasteiger partial charge on any atom is -0.492 e. The van der Waals surface area contributed by atoms with E-state index in [1.54, 1.807) is 7.11 Å². The number of nitrogens with zero attached hydrogens (tertiary/aromatic N) is 2. The number of methoxy groups -OCH3 is 1. The van der Waals surface area contributed by atoms with Gasteiger partial charge in [0, 0.05) is 45.5 Å². The lowest BCUT2D eigenvalue weighted by atomic mass is 10.3. The van der Waals surface area contributed by atoms with Crippen molar-refractivity contribution >= 4 is 11.7 Å². The maximum absolute atomic E-state index is 12.5. The second-order valence-electron chi connectivity index (χ2n) is 6.79. The molecule has 29 heavy (non-hydrogen) atoms. The second kappa shape index (κ2) is 11.3. The zero-order valence-corrected chi connectivity index (χ0v) is 16.9. The fourth-order valence-corrected chi connectivity index (χ4v) is 3.06. The monoisotopic (exact) mass is 399 g/mol. The number of para-hydroxylation sites is 1. The van der Waals surface area contributed by atoms with E-state index in [-0.39, 0.29) is 6.03 Å². The first-order valence-electron chi connectivity index (χ1n) is 9.92. The van der Waals surface area contributed by atoms with E-state index in [1.807, 2.05) is 59.5 Å². The van der Waals surface area contributed by atoms with Gasteiger partial charge in [0.1, 0.15) is 24.7 Å². The number of rotatable bonds is 9. The molecule has 7 nitrogen and oxygen atoms in total. The average Bonchev–Trinajstić information content (AvgIpc) is 2.76. The summed E-state index contributed by atoms with van der Waals surface area (Å²) in [5.41, 5.74) is 0.757. The number of carbonyl (C=O) groups excluding carboxylic acids is 1. The Morgan fingerprint density at radius 1 is 0.862 bits per heavy atom. The van der Waals surface area contributed by atoms with Crippen LogP contribution in [0.3, 0.4) is 0 Å². The third kappa shape index (κ3) is 6.96. The van der Waals surface area contributed by atoms with Crippen molar-refractivity contribution in [1.82, 2.24) is 9.80 Å². The Kier molecular flexibility index (Phi) is 8.15. The van der Waals surface area contributed by atoms with Gasteiger partial charge in [0.2, 0.25) is 0 Å². The summed E-state index contributed by atoms with van der Waals surface area (Å²) in [7, 11) is 1.64. The van der Waals surface area contributed by atoms with Crippen LogP contribution in [0.5, 0.6) is 11.5 Å². The summed E-state index contributed by atoms with van der Waals surface area (Å²) in [5.74, 6) is 1.65. The molecular formula is C22H29N3O4. The lowest BCUT2D eigenvalue weighted by molar-refractivity contribution is 0.132. The molecule has 2 aromatic rings. The van der Waals surface area contributed by atoms with Crippen LogP contribution in [-0.4, -0.2) is 75.5 Å². The number of urea groups is 1. The van der Waals surface area contributed by atoms with Crippen LogP contribution in [0.15, 0.2) is 54.6 Å². The molecule has 0 saturated carbocycles. The summed E-state index contributed by atoms with van der Waals surface area (Å²) in [4.78, 5) is 16.7. The molecule has 1 fully saturated rings. The molecule has 0 bridgehead atoms. The van der Waals surface area contributed by atoms with Crippen molar-refractivity contribution in [1.29, 1.82) is 0 Å². The number of nitrogens with one attached hydrogen (secondary N) is 1. The molecule has 0 unspecified atom stereocenters. The maximum Gasteiger partial charge on any atom is 0.321 e. The van der Waals surface area contributed by atoms with Gasteiger partial charge >= 0.3 is 6.03 Å². The smallest absolute Gasteiger partial charge is 0.321 e. The number of hydrogen-bond acceptors (Lipinski definition) is 5. The molecule has 1 heterocycles. The van der Waals surface area contributed by atoms with E-state index in [4.69, 9.17) is 14.2 Å². The zero-order valence-electron chi connectivity index (χ0n) is 16.9. The van der Waals surface area contributed by atoms with E-state index in [1.165, 1.54) is 0 Å². The van der Waals surface area contributed by atoms with Gasteiger partial charge in [0.05, 0.1) is 6.61 Å². The van der Waals surface area contributed by atoms with Crippen LogP contribution in [0.2, 0.25) is 0 Å². The summed E-state index contributed by atoms with van der Waals surface area (Å²) < 4.78 is 16.2. The van der Waals surface area contributed by atoms with Gasteiger partial charge in [0.15, 0.2) is 0 Å². The van der Waals surface area contributed by atoms with E-state index in [2.05, 4.69) is 10.2 Å². The first-order chi connectivity index (χ1) is 14.2. The number of piperazine rings is 1. The van der Waals surface area contributed by atoms with Crippen LogP contribution in [0.25, 0.3) is 0 Å².